The van der Waals surface area contributed by atoms with Gasteiger partial charge in [0.05, 0.1) is 6.04 Å². The Hall–Kier alpha value is -1.35. The second-order valence-corrected chi connectivity index (χ2v) is 6.12. The standard InChI is InChI=1S/C17H28N2O/c1-12(2)11-16(15-8-6-5-7-13(15)3)19-17(20)10-9-14(4)18/h5-8,12,14,16H,9-11,18H2,1-4H3,(H,19,20). The second-order valence-electron chi connectivity index (χ2n) is 6.12. The molecule has 1 amide bonds. The Morgan fingerprint density at radius 2 is 1.90 bits per heavy atom. The van der Waals surface area contributed by atoms with Crippen molar-refractivity contribution >= 4 is 5.91 Å². The van der Waals surface area contributed by atoms with E-state index in [1.54, 1.807) is 0 Å². The maximum atomic E-state index is 12.1. The number of amides is 1. The van der Waals surface area contributed by atoms with Gasteiger partial charge in [-0.15, -0.1) is 0 Å². The molecule has 0 radical (unpaired) electrons. The highest BCUT2D eigenvalue weighted by atomic mass is 16.1. The average Bonchev–Trinajstić information content (AvgIpc) is 2.35. The number of carbonyl (C=O) groups is 1. The van der Waals surface area contributed by atoms with E-state index >= 15 is 0 Å². The number of hydrogen-bond donors (Lipinski definition) is 2. The predicted molar refractivity (Wildman–Crippen MR) is 84.4 cm³/mol. The van der Waals surface area contributed by atoms with Gasteiger partial charge in [-0.25, -0.2) is 0 Å². The van der Waals surface area contributed by atoms with Crippen LogP contribution in [0.25, 0.3) is 0 Å². The molecule has 0 fully saturated rings. The topological polar surface area (TPSA) is 55.1 Å². The van der Waals surface area contributed by atoms with Crippen LogP contribution in [-0.2, 0) is 4.79 Å². The summed E-state index contributed by atoms with van der Waals surface area (Å²) in [7, 11) is 0. The van der Waals surface area contributed by atoms with Gasteiger partial charge >= 0.3 is 0 Å². The first-order valence-electron chi connectivity index (χ1n) is 7.50. The Morgan fingerprint density at radius 1 is 1.25 bits per heavy atom. The first-order chi connectivity index (χ1) is 9.40. The predicted octanol–water partition coefficient (Wildman–Crippen LogP) is 3.33. The molecule has 0 saturated heterocycles. The van der Waals surface area contributed by atoms with Gasteiger partial charge in [0.1, 0.15) is 0 Å². The third-order valence-corrected chi connectivity index (χ3v) is 3.43. The minimum Gasteiger partial charge on any atom is -0.349 e. The van der Waals surface area contributed by atoms with E-state index < -0.39 is 0 Å². The van der Waals surface area contributed by atoms with E-state index in [1.165, 1.54) is 11.1 Å². The summed E-state index contributed by atoms with van der Waals surface area (Å²) in [6.45, 7) is 8.38. The van der Waals surface area contributed by atoms with Crippen molar-refractivity contribution in [2.24, 2.45) is 11.7 Å². The highest BCUT2D eigenvalue weighted by Gasteiger charge is 2.17. The van der Waals surface area contributed by atoms with Gasteiger partial charge in [-0.05, 0) is 43.7 Å². The zero-order chi connectivity index (χ0) is 15.1. The van der Waals surface area contributed by atoms with Gasteiger partial charge in [0.2, 0.25) is 5.91 Å². The molecule has 0 heterocycles. The van der Waals surface area contributed by atoms with Gasteiger partial charge in [0.25, 0.3) is 0 Å². The SMILES string of the molecule is Cc1ccccc1C(CC(C)C)NC(=O)CCC(C)N. The van der Waals surface area contributed by atoms with Crippen molar-refractivity contribution in [1.82, 2.24) is 5.32 Å². The zero-order valence-corrected chi connectivity index (χ0v) is 13.1. The molecule has 0 spiro atoms. The van der Waals surface area contributed by atoms with E-state index in [4.69, 9.17) is 5.73 Å². The van der Waals surface area contributed by atoms with Gasteiger partial charge in [0.15, 0.2) is 0 Å². The van der Waals surface area contributed by atoms with Crippen molar-refractivity contribution in [3.05, 3.63) is 35.4 Å². The number of carbonyl (C=O) groups excluding carboxylic acids is 1. The van der Waals surface area contributed by atoms with Crippen molar-refractivity contribution in [2.45, 2.75) is 59.0 Å². The van der Waals surface area contributed by atoms with E-state index in [9.17, 15) is 4.79 Å². The van der Waals surface area contributed by atoms with E-state index in [0.717, 1.165) is 12.8 Å². The molecule has 1 rings (SSSR count). The second kappa shape index (κ2) is 8.05. The molecule has 0 aliphatic rings. The molecule has 20 heavy (non-hydrogen) atoms. The Kier molecular flexibility index (Phi) is 6.73. The maximum absolute atomic E-state index is 12.1. The fourth-order valence-corrected chi connectivity index (χ4v) is 2.34. The summed E-state index contributed by atoms with van der Waals surface area (Å²) in [5.41, 5.74) is 8.15. The van der Waals surface area contributed by atoms with Crippen LogP contribution < -0.4 is 11.1 Å². The number of nitrogens with two attached hydrogens (primary N) is 1. The Labute approximate surface area is 122 Å². The number of aryl methyl sites for hydroxylation is 1. The summed E-state index contributed by atoms with van der Waals surface area (Å²) in [6, 6.07) is 8.43. The van der Waals surface area contributed by atoms with Crippen molar-refractivity contribution < 1.29 is 4.79 Å². The zero-order valence-electron chi connectivity index (χ0n) is 13.1. The summed E-state index contributed by atoms with van der Waals surface area (Å²) in [5, 5.41) is 3.17. The molecule has 2 unspecified atom stereocenters. The Balaban J connectivity index is 2.75. The first kappa shape index (κ1) is 16.7. The van der Waals surface area contributed by atoms with Crippen LogP contribution in [0.1, 0.15) is 57.2 Å². The monoisotopic (exact) mass is 276 g/mol. The summed E-state index contributed by atoms with van der Waals surface area (Å²) in [6.07, 6.45) is 2.18. The minimum atomic E-state index is 0.0720. The Bertz CT molecular complexity index is 427. The molecule has 3 N–H and O–H groups in total. The highest BCUT2D eigenvalue weighted by molar-refractivity contribution is 5.76. The van der Waals surface area contributed by atoms with Crippen LogP contribution in [0, 0.1) is 12.8 Å². The van der Waals surface area contributed by atoms with Crippen LogP contribution in [0.2, 0.25) is 0 Å². The molecule has 2 atom stereocenters. The molecule has 3 heteroatoms. The molecule has 0 aliphatic heterocycles. The number of hydrogen-bond acceptors (Lipinski definition) is 2. The number of rotatable bonds is 7. The maximum Gasteiger partial charge on any atom is 0.220 e. The van der Waals surface area contributed by atoms with Gasteiger partial charge in [0, 0.05) is 12.5 Å². The molecule has 112 valence electrons. The van der Waals surface area contributed by atoms with Gasteiger partial charge in [-0.2, -0.15) is 0 Å². The highest BCUT2D eigenvalue weighted by Crippen LogP contribution is 2.24. The molecule has 0 aliphatic carbocycles. The lowest BCUT2D eigenvalue weighted by molar-refractivity contribution is -0.122. The number of benzene rings is 1. The van der Waals surface area contributed by atoms with Crippen LogP contribution in [-0.4, -0.2) is 11.9 Å². The normalized spacial score (nSPS) is 14.1. The number of nitrogens with one attached hydrogen (secondary N) is 1. The molecule has 1 aromatic carbocycles. The molecular formula is C17H28N2O. The minimum absolute atomic E-state index is 0.0720. The van der Waals surface area contributed by atoms with Crippen LogP contribution >= 0.6 is 0 Å². The molecule has 1 aromatic rings. The Morgan fingerprint density at radius 3 is 2.45 bits per heavy atom. The smallest absolute Gasteiger partial charge is 0.220 e. The molecule has 3 nitrogen and oxygen atoms in total. The fourth-order valence-electron chi connectivity index (χ4n) is 2.34. The summed E-state index contributed by atoms with van der Waals surface area (Å²) < 4.78 is 0. The lowest BCUT2D eigenvalue weighted by Crippen LogP contribution is -2.31. The van der Waals surface area contributed by atoms with E-state index in [1.807, 2.05) is 19.1 Å². The van der Waals surface area contributed by atoms with Crippen LogP contribution in [0.15, 0.2) is 24.3 Å². The first-order valence-corrected chi connectivity index (χ1v) is 7.50. The van der Waals surface area contributed by atoms with Gasteiger partial charge in [-0.3, -0.25) is 4.79 Å². The molecular weight excluding hydrogens is 248 g/mol. The quantitative estimate of drug-likeness (QED) is 0.802. The van der Waals surface area contributed by atoms with E-state index in [-0.39, 0.29) is 18.0 Å². The van der Waals surface area contributed by atoms with Crippen LogP contribution in [0.5, 0.6) is 0 Å². The lowest BCUT2D eigenvalue weighted by Gasteiger charge is -2.23. The fraction of sp³-hybridized carbons (Fsp3) is 0.588. The molecule has 0 bridgehead atoms. The van der Waals surface area contributed by atoms with Gasteiger partial charge in [-0.1, -0.05) is 38.1 Å². The third-order valence-electron chi connectivity index (χ3n) is 3.43. The summed E-state index contributed by atoms with van der Waals surface area (Å²) in [5.74, 6) is 0.629. The van der Waals surface area contributed by atoms with Crippen LogP contribution in [0.4, 0.5) is 0 Å². The van der Waals surface area contributed by atoms with Crippen molar-refractivity contribution in [1.29, 1.82) is 0 Å². The van der Waals surface area contributed by atoms with Gasteiger partial charge < -0.3 is 11.1 Å². The van der Waals surface area contributed by atoms with E-state index in [2.05, 4.69) is 38.2 Å². The molecule has 0 saturated carbocycles. The molecule has 0 aromatic heterocycles. The summed E-state index contributed by atoms with van der Waals surface area (Å²) in [4.78, 5) is 12.1. The van der Waals surface area contributed by atoms with Crippen molar-refractivity contribution in [3.8, 4) is 0 Å². The lowest BCUT2D eigenvalue weighted by atomic mass is 9.93. The van der Waals surface area contributed by atoms with E-state index in [0.29, 0.717) is 12.3 Å². The largest absolute Gasteiger partial charge is 0.349 e. The average molecular weight is 276 g/mol. The summed E-state index contributed by atoms with van der Waals surface area (Å²) >= 11 is 0. The van der Waals surface area contributed by atoms with Crippen molar-refractivity contribution in [3.63, 3.8) is 0 Å². The van der Waals surface area contributed by atoms with Crippen molar-refractivity contribution in [2.75, 3.05) is 0 Å². The third kappa shape index (κ3) is 5.74. The van der Waals surface area contributed by atoms with Crippen LogP contribution in [0.3, 0.4) is 0 Å².